The van der Waals surface area contributed by atoms with Gasteiger partial charge in [0.15, 0.2) is 0 Å². The monoisotopic (exact) mass is 317 g/mol. The van der Waals surface area contributed by atoms with E-state index in [0.29, 0.717) is 31.2 Å². The van der Waals surface area contributed by atoms with E-state index in [0.717, 1.165) is 13.1 Å². The summed E-state index contributed by atoms with van der Waals surface area (Å²) in [6.07, 6.45) is 0. The van der Waals surface area contributed by atoms with Gasteiger partial charge in [-0.1, -0.05) is 18.2 Å². The van der Waals surface area contributed by atoms with E-state index < -0.39 is 0 Å². The third-order valence-electron chi connectivity index (χ3n) is 4.41. The maximum atomic E-state index is 12.6. The van der Waals surface area contributed by atoms with E-state index in [2.05, 4.69) is 17.3 Å². The maximum Gasteiger partial charge on any atom is 0.251 e. The van der Waals surface area contributed by atoms with Gasteiger partial charge in [-0.25, -0.2) is 0 Å². The second-order valence-corrected chi connectivity index (χ2v) is 6.37. The zero-order chi connectivity index (χ0) is 16.2. The molecule has 0 aliphatic carbocycles. The molecule has 0 saturated carbocycles. The van der Waals surface area contributed by atoms with E-state index >= 15 is 0 Å². The number of hydrogen-bond acceptors (Lipinski definition) is 4. The highest BCUT2D eigenvalue weighted by atomic mass is 16.5. The number of rotatable bonds is 3. The van der Waals surface area contributed by atoms with Crippen molar-refractivity contribution in [3.05, 3.63) is 35.9 Å². The van der Waals surface area contributed by atoms with Crippen molar-refractivity contribution in [1.82, 2.24) is 15.1 Å². The molecular formula is C17H23N3O3. The molecule has 0 unspecified atom stereocenters. The van der Waals surface area contributed by atoms with E-state index in [1.165, 1.54) is 0 Å². The molecule has 2 atom stereocenters. The molecule has 1 aromatic carbocycles. The van der Waals surface area contributed by atoms with Gasteiger partial charge in [0.2, 0.25) is 5.91 Å². The number of benzene rings is 1. The molecule has 2 aliphatic rings. The summed E-state index contributed by atoms with van der Waals surface area (Å²) in [6.45, 7) is 3.75. The minimum atomic E-state index is -0.217. The number of ether oxygens (including phenoxy) is 1. The number of nitrogens with one attached hydrogen (secondary N) is 1. The van der Waals surface area contributed by atoms with Gasteiger partial charge in [0.1, 0.15) is 0 Å². The van der Waals surface area contributed by atoms with Crippen molar-refractivity contribution in [3.63, 3.8) is 0 Å². The molecule has 0 radical (unpaired) electrons. The average molecular weight is 317 g/mol. The number of amides is 2. The van der Waals surface area contributed by atoms with Crippen LogP contribution in [0.2, 0.25) is 0 Å². The molecule has 2 saturated heterocycles. The maximum absolute atomic E-state index is 12.6. The molecule has 23 heavy (non-hydrogen) atoms. The number of hydrogen-bond donors (Lipinski definition) is 1. The summed E-state index contributed by atoms with van der Waals surface area (Å²) in [4.78, 5) is 28.8. The first-order valence-corrected chi connectivity index (χ1v) is 8.02. The smallest absolute Gasteiger partial charge is 0.251 e. The minimum Gasteiger partial charge on any atom is -0.379 e. The highest BCUT2D eigenvalue weighted by molar-refractivity contribution is 5.96. The lowest BCUT2D eigenvalue weighted by molar-refractivity contribution is -0.132. The van der Waals surface area contributed by atoms with Gasteiger partial charge < -0.3 is 19.9 Å². The first kappa shape index (κ1) is 16.0. The molecule has 2 bridgehead atoms. The number of fused-ring (bicyclic) bond motifs is 3. The summed E-state index contributed by atoms with van der Waals surface area (Å²) < 4.78 is 5.68. The standard InChI is InChI=1S/C17H23N3O3/c1-19-8-13-9-20(15(10-19)12-23-11-13)16(21)7-18-17(22)14-5-3-2-4-6-14/h2-6,13,15H,7-12H2,1H3,(H,18,22)/t13-,15-/m0/s1. The van der Waals surface area contributed by atoms with Crippen LogP contribution in [0.4, 0.5) is 0 Å². The molecule has 6 heteroatoms. The molecule has 124 valence electrons. The Morgan fingerprint density at radius 3 is 2.74 bits per heavy atom. The van der Waals surface area contributed by atoms with Crippen molar-refractivity contribution in [3.8, 4) is 0 Å². The normalized spacial score (nSPS) is 24.8. The van der Waals surface area contributed by atoms with Gasteiger partial charge in [0.05, 0.1) is 25.8 Å². The molecule has 2 fully saturated rings. The SMILES string of the molecule is CN1C[C@@H]2COC[C@H](C1)N(C(=O)CNC(=O)c1ccccc1)C2. The topological polar surface area (TPSA) is 61.9 Å². The van der Waals surface area contributed by atoms with E-state index in [4.69, 9.17) is 4.74 Å². The molecule has 6 nitrogen and oxygen atoms in total. The van der Waals surface area contributed by atoms with Crippen LogP contribution < -0.4 is 5.32 Å². The quantitative estimate of drug-likeness (QED) is 0.865. The van der Waals surface area contributed by atoms with Crippen molar-refractivity contribution >= 4 is 11.8 Å². The molecule has 1 aromatic rings. The Hall–Kier alpha value is -1.92. The molecule has 2 heterocycles. The van der Waals surface area contributed by atoms with Crippen LogP contribution in [0.5, 0.6) is 0 Å². The predicted octanol–water partition coefficient (Wildman–Crippen LogP) is 0.205. The fourth-order valence-corrected chi connectivity index (χ4v) is 3.33. The van der Waals surface area contributed by atoms with Crippen molar-refractivity contribution in [2.24, 2.45) is 5.92 Å². The average Bonchev–Trinajstić information content (AvgIpc) is 2.83. The lowest BCUT2D eigenvalue weighted by Crippen LogP contribution is -2.49. The number of nitrogens with zero attached hydrogens (tertiary/aromatic N) is 2. The first-order valence-electron chi connectivity index (χ1n) is 8.02. The summed E-state index contributed by atoms with van der Waals surface area (Å²) in [6, 6.07) is 9.01. The van der Waals surface area contributed by atoms with Gasteiger partial charge in [0.25, 0.3) is 5.91 Å². The fraction of sp³-hybridized carbons (Fsp3) is 0.529. The van der Waals surface area contributed by atoms with Crippen LogP contribution in [0, 0.1) is 5.92 Å². The molecule has 0 aromatic heterocycles. The number of carbonyl (C=O) groups is 2. The first-order chi connectivity index (χ1) is 11.1. The van der Waals surface area contributed by atoms with Crippen LogP contribution in [-0.4, -0.2) is 74.1 Å². The zero-order valence-electron chi connectivity index (χ0n) is 13.4. The highest BCUT2D eigenvalue weighted by Crippen LogP contribution is 2.18. The Morgan fingerprint density at radius 2 is 1.96 bits per heavy atom. The Morgan fingerprint density at radius 1 is 1.17 bits per heavy atom. The van der Waals surface area contributed by atoms with E-state index in [9.17, 15) is 9.59 Å². The Bertz CT molecular complexity index is 563. The molecule has 2 amide bonds. The van der Waals surface area contributed by atoms with Crippen LogP contribution in [0.1, 0.15) is 10.4 Å². The van der Waals surface area contributed by atoms with Crippen LogP contribution >= 0.6 is 0 Å². The highest BCUT2D eigenvalue weighted by Gasteiger charge is 2.34. The van der Waals surface area contributed by atoms with Crippen molar-refractivity contribution < 1.29 is 14.3 Å². The van der Waals surface area contributed by atoms with Crippen molar-refractivity contribution in [2.75, 3.05) is 46.4 Å². The summed E-state index contributed by atoms with van der Waals surface area (Å²) in [5.74, 6) is 0.0801. The summed E-state index contributed by atoms with van der Waals surface area (Å²) in [5.41, 5.74) is 0.568. The molecule has 2 aliphatic heterocycles. The van der Waals surface area contributed by atoms with E-state index in [-0.39, 0.29) is 24.4 Å². The largest absolute Gasteiger partial charge is 0.379 e. The van der Waals surface area contributed by atoms with Gasteiger partial charge in [0, 0.05) is 31.1 Å². The van der Waals surface area contributed by atoms with Crippen molar-refractivity contribution in [2.45, 2.75) is 6.04 Å². The Labute approximate surface area is 136 Å². The van der Waals surface area contributed by atoms with Gasteiger partial charge in [-0.15, -0.1) is 0 Å². The Balaban J connectivity index is 1.60. The zero-order valence-corrected chi connectivity index (χ0v) is 13.4. The van der Waals surface area contributed by atoms with Crippen LogP contribution in [-0.2, 0) is 9.53 Å². The number of carbonyl (C=O) groups excluding carboxylic acids is 2. The molecule has 3 rings (SSSR count). The van der Waals surface area contributed by atoms with Crippen LogP contribution in [0.25, 0.3) is 0 Å². The lowest BCUT2D eigenvalue weighted by Gasteiger charge is -2.29. The van der Waals surface area contributed by atoms with Gasteiger partial charge in [-0.3, -0.25) is 9.59 Å². The third kappa shape index (κ3) is 3.89. The number of likely N-dealkylation sites (N-methyl/N-ethyl adjacent to an activating group) is 1. The Kier molecular flexibility index (Phi) is 4.93. The van der Waals surface area contributed by atoms with Crippen LogP contribution in [0.15, 0.2) is 30.3 Å². The van der Waals surface area contributed by atoms with Crippen molar-refractivity contribution in [1.29, 1.82) is 0 Å². The fourth-order valence-electron chi connectivity index (χ4n) is 3.33. The summed E-state index contributed by atoms with van der Waals surface area (Å²) in [5, 5.41) is 2.72. The second-order valence-electron chi connectivity index (χ2n) is 6.37. The third-order valence-corrected chi connectivity index (χ3v) is 4.41. The van der Waals surface area contributed by atoms with Gasteiger partial charge >= 0.3 is 0 Å². The second kappa shape index (κ2) is 7.10. The lowest BCUT2D eigenvalue weighted by atomic mass is 10.1. The summed E-state index contributed by atoms with van der Waals surface area (Å²) >= 11 is 0. The summed E-state index contributed by atoms with van der Waals surface area (Å²) in [7, 11) is 2.08. The van der Waals surface area contributed by atoms with Crippen LogP contribution in [0.3, 0.4) is 0 Å². The molecule has 1 N–H and O–H groups in total. The van der Waals surface area contributed by atoms with E-state index in [1.807, 2.05) is 23.1 Å². The predicted molar refractivity (Wildman–Crippen MR) is 86.1 cm³/mol. The molecule has 0 spiro atoms. The molecular weight excluding hydrogens is 294 g/mol. The minimum absolute atomic E-state index is 0.0284. The van der Waals surface area contributed by atoms with E-state index in [1.54, 1.807) is 12.1 Å². The van der Waals surface area contributed by atoms with Gasteiger partial charge in [-0.05, 0) is 19.2 Å². The van der Waals surface area contributed by atoms with Gasteiger partial charge in [-0.2, -0.15) is 0 Å².